The second kappa shape index (κ2) is 10.9. The number of hydrogen-bond acceptors (Lipinski definition) is 4. The maximum atomic E-state index is 6.60. The van der Waals surface area contributed by atoms with E-state index in [1.807, 2.05) is 30.3 Å². The summed E-state index contributed by atoms with van der Waals surface area (Å²) in [6.45, 7) is 0. The van der Waals surface area contributed by atoms with Crippen molar-refractivity contribution in [3.05, 3.63) is 175 Å². The van der Waals surface area contributed by atoms with Crippen LogP contribution in [0.25, 0.3) is 65.6 Å². The Morgan fingerprint density at radius 3 is 2.20 bits per heavy atom. The van der Waals surface area contributed by atoms with Crippen molar-refractivity contribution in [1.82, 2.24) is 4.98 Å². The average molecular weight is 655 g/mol. The lowest BCUT2D eigenvalue weighted by molar-refractivity contribution is 0.269. The highest BCUT2D eigenvalue weighted by atomic mass is 16.5. The zero-order valence-electron chi connectivity index (χ0n) is 27.5. The molecule has 2 atom stereocenters. The summed E-state index contributed by atoms with van der Waals surface area (Å²) < 4.78 is 13.0. The Morgan fingerprint density at radius 1 is 0.549 bits per heavy atom. The Morgan fingerprint density at radius 2 is 1.27 bits per heavy atom. The predicted molar refractivity (Wildman–Crippen MR) is 210 cm³/mol. The quantitative estimate of drug-likeness (QED) is 0.177. The normalized spacial score (nSPS) is 16.2. The van der Waals surface area contributed by atoms with Gasteiger partial charge in [-0.05, 0) is 93.0 Å². The average Bonchev–Trinajstić information content (AvgIpc) is 3.80. The summed E-state index contributed by atoms with van der Waals surface area (Å²) in [6, 6.07) is 51.9. The zero-order chi connectivity index (χ0) is 33.5. The molecule has 4 nitrogen and oxygen atoms in total. The molecule has 51 heavy (non-hydrogen) atoms. The molecule has 240 valence electrons. The smallest absolute Gasteiger partial charge is 0.227 e. The molecule has 0 bridgehead atoms. The fourth-order valence-corrected chi connectivity index (χ4v) is 8.17. The third-order valence-electron chi connectivity index (χ3n) is 10.6. The van der Waals surface area contributed by atoms with Gasteiger partial charge >= 0.3 is 0 Å². The molecule has 8 aromatic carbocycles. The molecule has 2 aliphatic rings. The Kier molecular flexibility index (Phi) is 6.05. The van der Waals surface area contributed by atoms with E-state index in [4.69, 9.17) is 14.1 Å². The van der Waals surface area contributed by atoms with E-state index in [-0.39, 0.29) is 12.0 Å². The molecule has 9 aromatic rings. The van der Waals surface area contributed by atoms with Crippen LogP contribution in [-0.4, -0.2) is 11.1 Å². The number of rotatable bonds is 4. The van der Waals surface area contributed by atoms with Crippen LogP contribution in [0.5, 0.6) is 5.75 Å². The first kappa shape index (κ1) is 28.2. The highest BCUT2D eigenvalue weighted by Crippen LogP contribution is 2.48. The molecule has 0 fully saturated rings. The van der Waals surface area contributed by atoms with Gasteiger partial charge < -0.3 is 14.1 Å². The first-order valence-corrected chi connectivity index (χ1v) is 17.4. The Labute approximate surface area is 294 Å². The number of anilines is 3. The van der Waals surface area contributed by atoms with Crippen molar-refractivity contribution < 1.29 is 9.15 Å². The van der Waals surface area contributed by atoms with Gasteiger partial charge in [0.25, 0.3) is 0 Å². The van der Waals surface area contributed by atoms with Crippen molar-refractivity contribution in [2.24, 2.45) is 0 Å². The van der Waals surface area contributed by atoms with Crippen molar-refractivity contribution >= 4 is 71.3 Å². The van der Waals surface area contributed by atoms with Crippen LogP contribution in [0, 0.1) is 0 Å². The molecular weight excluding hydrogens is 625 g/mol. The second-order valence-corrected chi connectivity index (χ2v) is 13.5. The predicted octanol–water partition coefficient (Wildman–Crippen LogP) is 12.5. The topological polar surface area (TPSA) is 38.5 Å². The molecule has 1 aliphatic carbocycles. The molecule has 0 N–H and O–H groups in total. The van der Waals surface area contributed by atoms with E-state index in [0.29, 0.717) is 5.89 Å². The third kappa shape index (κ3) is 4.36. The number of allylic oxidation sites excluding steroid dienone is 2. The van der Waals surface area contributed by atoms with Gasteiger partial charge in [0.1, 0.15) is 17.4 Å². The van der Waals surface area contributed by atoms with Crippen molar-refractivity contribution in [3.8, 4) is 17.2 Å². The minimum atomic E-state index is 0.0207. The number of ether oxygens (including phenoxy) is 1. The maximum Gasteiger partial charge on any atom is 0.227 e. The molecule has 0 saturated heterocycles. The van der Waals surface area contributed by atoms with Crippen LogP contribution in [0.3, 0.4) is 0 Å². The van der Waals surface area contributed by atoms with Gasteiger partial charge in [-0.3, -0.25) is 0 Å². The molecule has 0 amide bonds. The van der Waals surface area contributed by atoms with Gasteiger partial charge in [0.15, 0.2) is 5.58 Å². The number of benzene rings is 8. The highest BCUT2D eigenvalue weighted by molar-refractivity contribution is 6.19. The van der Waals surface area contributed by atoms with Crippen LogP contribution in [0.4, 0.5) is 17.1 Å². The standard InChI is InChI=1S/C47H30N2O2/c1-2-10-31(11-3-1)47-48-41-24-21-30-19-18-29-20-22-33(27-39(29)45(30)46(41)51-47)49(34-23-25-44-40(28-34)38-16-8-9-17-43(38)50-44)42-26-32-12-4-5-13-35(32)36-14-6-7-15-37(36)42/h1-28,38,43H. The van der Waals surface area contributed by atoms with E-state index in [2.05, 4.69) is 144 Å². The summed E-state index contributed by atoms with van der Waals surface area (Å²) in [7, 11) is 0. The van der Waals surface area contributed by atoms with Crippen LogP contribution >= 0.6 is 0 Å². The van der Waals surface area contributed by atoms with Crippen molar-refractivity contribution in [2.75, 3.05) is 4.90 Å². The Bertz CT molecular complexity index is 2920. The molecule has 11 rings (SSSR count). The summed E-state index contributed by atoms with van der Waals surface area (Å²) in [5.41, 5.74) is 7.07. The van der Waals surface area contributed by atoms with E-state index in [0.717, 1.165) is 61.0 Å². The summed E-state index contributed by atoms with van der Waals surface area (Å²) in [6.07, 6.45) is 8.64. The van der Waals surface area contributed by atoms with E-state index < -0.39 is 0 Å². The van der Waals surface area contributed by atoms with Gasteiger partial charge in [0, 0.05) is 39.2 Å². The van der Waals surface area contributed by atoms with Gasteiger partial charge in [-0.1, -0.05) is 109 Å². The summed E-state index contributed by atoms with van der Waals surface area (Å²) in [5.74, 6) is 1.75. The first-order valence-electron chi connectivity index (χ1n) is 17.4. The molecular formula is C47H30N2O2. The number of hydrogen-bond donors (Lipinski definition) is 0. The fraction of sp³-hybridized carbons (Fsp3) is 0.0426. The van der Waals surface area contributed by atoms with E-state index >= 15 is 0 Å². The van der Waals surface area contributed by atoms with Crippen molar-refractivity contribution in [2.45, 2.75) is 12.0 Å². The Hall–Kier alpha value is -6.65. The van der Waals surface area contributed by atoms with Gasteiger partial charge in [-0.15, -0.1) is 0 Å². The fourth-order valence-electron chi connectivity index (χ4n) is 8.17. The first-order chi connectivity index (χ1) is 25.3. The van der Waals surface area contributed by atoms with Crippen LogP contribution in [-0.2, 0) is 0 Å². The summed E-state index contributed by atoms with van der Waals surface area (Å²) >= 11 is 0. The molecule has 2 unspecified atom stereocenters. The number of aromatic nitrogens is 1. The van der Waals surface area contributed by atoms with Crippen LogP contribution in [0.1, 0.15) is 11.5 Å². The molecule has 0 saturated carbocycles. The zero-order valence-corrected chi connectivity index (χ0v) is 27.5. The number of nitrogens with zero attached hydrogens (tertiary/aromatic N) is 2. The van der Waals surface area contributed by atoms with E-state index in [1.54, 1.807) is 0 Å². The molecule has 0 radical (unpaired) electrons. The SMILES string of the molecule is C1=CC2Oc3ccc(N(c4ccc5ccc6ccc7nc(-c8ccccc8)oc7c6c5c4)c4cc5ccccc5c5ccccc45)cc3C2C=C1. The van der Waals surface area contributed by atoms with Gasteiger partial charge in [0.2, 0.25) is 5.89 Å². The number of fused-ring (bicyclic) bond motifs is 11. The summed E-state index contributed by atoms with van der Waals surface area (Å²) in [4.78, 5) is 7.34. The minimum absolute atomic E-state index is 0.0207. The van der Waals surface area contributed by atoms with Gasteiger partial charge in [-0.2, -0.15) is 0 Å². The van der Waals surface area contributed by atoms with Gasteiger partial charge in [-0.25, -0.2) is 4.98 Å². The minimum Gasteiger partial charge on any atom is -0.485 e. The highest BCUT2D eigenvalue weighted by Gasteiger charge is 2.33. The Balaban J connectivity index is 1.19. The van der Waals surface area contributed by atoms with E-state index in [9.17, 15) is 0 Å². The van der Waals surface area contributed by atoms with Crippen LogP contribution in [0.15, 0.2) is 174 Å². The second-order valence-electron chi connectivity index (χ2n) is 13.5. The van der Waals surface area contributed by atoms with E-state index in [1.165, 1.54) is 27.1 Å². The molecule has 0 spiro atoms. The monoisotopic (exact) mass is 654 g/mol. The number of oxazole rings is 1. The molecule has 2 heterocycles. The van der Waals surface area contributed by atoms with Gasteiger partial charge in [0.05, 0.1) is 5.69 Å². The molecule has 1 aromatic heterocycles. The largest absolute Gasteiger partial charge is 0.485 e. The van der Waals surface area contributed by atoms with Crippen molar-refractivity contribution in [3.63, 3.8) is 0 Å². The summed E-state index contributed by atoms with van der Waals surface area (Å²) in [5, 5.41) is 9.29. The van der Waals surface area contributed by atoms with Crippen LogP contribution < -0.4 is 9.64 Å². The molecule has 4 heteroatoms. The lowest BCUT2D eigenvalue weighted by atomic mass is 9.91. The lowest BCUT2D eigenvalue weighted by Crippen LogP contribution is -2.15. The van der Waals surface area contributed by atoms with Crippen LogP contribution in [0.2, 0.25) is 0 Å². The maximum absolute atomic E-state index is 6.60. The molecule has 1 aliphatic heterocycles. The lowest BCUT2D eigenvalue weighted by Gasteiger charge is -2.28. The van der Waals surface area contributed by atoms with Crippen molar-refractivity contribution in [1.29, 1.82) is 0 Å². The third-order valence-corrected chi connectivity index (χ3v) is 10.6.